The summed E-state index contributed by atoms with van der Waals surface area (Å²) in [5.74, 6) is 0.642. The molecular formula is C20H20Cl2N4OS. The van der Waals surface area contributed by atoms with Crippen LogP contribution in [0.4, 0.5) is 0 Å². The van der Waals surface area contributed by atoms with Gasteiger partial charge in [0.05, 0.1) is 5.02 Å². The molecule has 3 aromatic rings. The first-order valence-corrected chi connectivity index (χ1v) is 10.4. The fourth-order valence-electron chi connectivity index (χ4n) is 2.76. The average Bonchev–Trinajstić information content (AvgIpc) is 3.08. The van der Waals surface area contributed by atoms with E-state index in [0.29, 0.717) is 27.6 Å². The molecule has 0 saturated heterocycles. The molecule has 8 heteroatoms. The van der Waals surface area contributed by atoms with E-state index >= 15 is 0 Å². The van der Waals surface area contributed by atoms with Crippen molar-refractivity contribution in [3.8, 4) is 11.4 Å². The summed E-state index contributed by atoms with van der Waals surface area (Å²) in [6.07, 6.45) is 0. The number of aromatic nitrogens is 3. The van der Waals surface area contributed by atoms with Crippen molar-refractivity contribution in [2.24, 2.45) is 0 Å². The lowest BCUT2D eigenvalue weighted by Gasteiger charge is -2.20. The van der Waals surface area contributed by atoms with E-state index in [2.05, 4.69) is 10.2 Å². The van der Waals surface area contributed by atoms with E-state index in [9.17, 15) is 4.79 Å². The predicted octanol–water partition coefficient (Wildman–Crippen LogP) is 5.19. The minimum Gasteiger partial charge on any atom is -0.348 e. The normalized spacial score (nSPS) is 12.0. The molecule has 1 amide bonds. The third-order valence-electron chi connectivity index (χ3n) is 4.20. The molecule has 1 heterocycles. The lowest BCUT2D eigenvalue weighted by Crippen LogP contribution is -2.27. The van der Waals surface area contributed by atoms with Gasteiger partial charge in [0.15, 0.2) is 11.0 Å². The number of thioether (sulfide) groups is 1. The van der Waals surface area contributed by atoms with Gasteiger partial charge in [-0.3, -0.25) is 4.79 Å². The van der Waals surface area contributed by atoms with Gasteiger partial charge in [0.25, 0.3) is 0 Å². The highest BCUT2D eigenvalue weighted by Gasteiger charge is 2.27. The van der Waals surface area contributed by atoms with Gasteiger partial charge in [0.1, 0.15) is 5.25 Å². The molecule has 3 rings (SSSR count). The van der Waals surface area contributed by atoms with E-state index in [-0.39, 0.29) is 5.91 Å². The van der Waals surface area contributed by atoms with Crippen LogP contribution in [0.25, 0.3) is 11.4 Å². The number of amides is 1. The molecule has 1 aromatic heterocycles. The van der Waals surface area contributed by atoms with E-state index in [0.717, 1.165) is 11.1 Å². The number of likely N-dealkylation sites (N-methyl/N-ethyl adjacent to an activating group) is 1. The Labute approximate surface area is 178 Å². The Morgan fingerprint density at radius 2 is 1.86 bits per heavy atom. The summed E-state index contributed by atoms with van der Waals surface area (Å²) >= 11 is 13.8. The topological polar surface area (TPSA) is 51.0 Å². The van der Waals surface area contributed by atoms with Gasteiger partial charge in [-0.2, -0.15) is 0 Å². The van der Waals surface area contributed by atoms with Crippen LogP contribution in [0.1, 0.15) is 17.7 Å². The van der Waals surface area contributed by atoms with Crippen LogP contribution in [0, 0.1) is 0 Å². The van der Waals surface area contributed by atoms with Gasteiger partial charge in [-0.05, 0) is 30.7 Å². The van der Waals surface area contributed by atoms with Gasteiger partial charge in [0.2, 0.25) is 5.91 Å². The zero-order chi connectivity index (χ0) is 20.3. The van der Waals surface area contributed by atoms with E-state index in [1.54, 1.807) is 31.1 Å². The number of hydrogen-bond acceptors (Lipinski definition) is 4. The van der Waals surface area contributed by atoms with Crippen molar-refractivity contribution >= 4 is 40.9 Å². The minimum atomic E-state index is -0.417. The van der Waals surface area contributed by atoms with Crippen molar-refractivity contribution < 1.29 is 4.79 Å². The standard InChI is InChI=1S/C20H20Cl2N4OS/c1-4-26-18(15-11-10-14(21)12-16(15)22)23-24-20(26)28-17(19(27)25(2)3)13-8-6-5-7-9-13/h5-12,17H,4H2,1-3H3/t17-/m0/s1. The number of carbonyl (C=O) groups excluding carboxylic acids is 1. The number of nitrogens with zero attached hydrogens (tertiary/aromatic N) is 4. The van der Waals surface area contributed by atoms with Crippen LogP contribution in [-0.4, -0.2) is 39.7 Å². The molecule has 146 valence electrons. The summed E-state index contributed by atoms with van der Waals surface area (Å²) in [6.45, 7) is 2.65. The van der Waals surface area contributed by atoms with E-state index < -0.39 is 5.25 Å². The van der Waals surface area contributed by atoms with Gasteiger partial charge < -0.3 is 9.47 Å². The van der Waals surface area contributed by atoms with Crippen LogP contribution in [0.5, 0.6) is 0 Å². The largest absolute Gasteiger partial charge is 0.348 e. The highest BCUT2D eigenvalue weighted by molar-refractivity contribution is 8.00. The molecule has 0 spiro atoms. The molecule has 5 nitrogen and oxygen atoms in total. The van der Waals surface area contributed by atoms with Gasteiger partial charge in [-0.25, -0.2) is 0 Å². The van der Waals surface area contributed by atoms with Crippen LogP contribution in [0.15, 0.2) is 53.7 Å². The highest BCUT2D eigenvalue weighted by atomic mass is 35.5. The minimum absolute atomic E-state index is 0.00655. The third-order valence-corrected chi connectivity index (χ3v) is 5.97. The Balaban J connectivity index is 2.01. The molecule has 0 radical (unpaired) electrons. The zero-order valence-corrected chi connectivity index (χ0v) is 18.1. The molecule has 1 atom stereocenters. The van der Waals surface area contributed by atoms with Crippen LogP contribution < -0.4 is 0 Å². The van der Waals surface area contributed by atoms with Crippen LogP contribution in [-0.2, 0) is 11.3 Å². The average molecular weight is 435 g/mol. The molecule has 0 aliphatic heterocycles. The Kier molecular flexibility index (Phi) is 6.65. The fraction of sp³-hybridized carbons (Fsp3) is 0.250. The number of hydrogen-bond donors (Lipinski definition) is 0. The Hall–Kier alpha value is -2.02. The lowest BCUT2D eigenvalue weighted by atomic mass is 10.1. The van der Waals surface area contributed by atoms with Crippen molar-refractivity contribution in [1.82, 2.24) is 19.7 Å². The number of rotatable bonds is 6. The van der Waals surface area contributed by atoms with Crippen molar-refractivity contribution in [2.45, 2.75) is 23.9 Å². The molecule has 0 unspecified atom stereocenters. The smallest absolute Gasteiger partial charge is 0.240 e. The quantitative estimate of drug-likeness (QED) is 0.500. The first kappa shape index (κ1) is 20.7. The van der Waals surface area contributed by atoms with Gasteiger partial charge >= 0.3 is 0 Å². The first-order valence-electron chi connectivity index (χ1n) is 8.73. The Morgan fingerprint density at radius 1 is 1.14 bits per heavy atom. The molecule has 28 heavy (non-hydrogen) atoms. The number of carbonyl (C=O) groups is 1. The van der Waals surface area contributed by atoms with E-state index in [1.165, 1.54) is 11.8 Å². The highest BCUT2D eigenvalue weighted by Crippen LogP contribution is 2.38. The van der Waals surface area contributed by atoms with Crippen LogP contribution in [0.3, 0.4) is 0 Å². The molecule has 0 aliphatic carbocycles. The van der Waals surface area contributed by atoms with Gasteiger partial charge in [-0.1, -0.05) is 65.3 Å². The van der Waals surface area contributed by atoms with Crippen LogP contribution >= 0.6 is 35.0 Å². The maximum Gasteiger partial charge on any atom is 0.240 e. The summed E-state index contributed by atoms with van der Waals surface area (Å²) < 4.78 is 1.96. The van der Waals surface area contributed by atoms with Crippen molar-refractivity contribution in [3.63, 3.8) is 0 Å². The van der Waals surface area contributed by atoms with Gasteiger partial charge in [0, 0.05) is 31.2 Å². The van der Waals surface area contributed by atoms with E-state index in [1.807, 2.05) is 47.9 Å². The summed E-state index contributed by atoms with van der Waals surface area (Å²) in [5, 5.41) is 10.00. The predicted molar refractivity (Wildman–Crippen MR) is 115 cm³/mol. The second kappa shape index (κ2) is 8.99. The van der Waals surface area contributed by atoms with Crippen LogP contribution in [0.2, 0.25) is 10.0 Å². The second-order valence-corrected chi connectivity index (χ2v) is 8.23. The lowest BCUT2D eigenvalue weighted by molar-refractivity contribution is -0.128. The molecule has 0 N–H and O–H groups in total. The molecule has 0 fully saturated rings. The molecule has 0 bridgehead atoms. The SMILES string of the molecule is CCn1c(S[C@H](C(=O)N(C)C)c2ccccc2)nnc1-c1ccc(Cl)cc1Cl. The fourth-order valence-corrected chi connectivity index (χ4v) is 4.50. The second-order valence-electron chi connectivity index (χ2n) is 6.32. The van der Waals surface area contributed by atoms with Gasteiger partial charge in [-0.15, -0.1) is 10.2 Å². The number of benzene rings is 2. The zero-order valence-electron chi connectivity index (χ0n) is 15.8. The van der Waals surface area contributed by atoms with Crippen molar-refractivity contribution in [2.75, 3.05) is 14.1 Å². The maximum absolute atomic E-state index is 12.8. The van der Waals surface area contributed by atoms with E-state index in [4.69, 9.17) is 23.2 Å². The number of halogens is 2. The molecular weight excluding hydrogens is 415 g/mol. The molecule has 0 aliphatic rings. The summed E-state index contributed by atoms with van der Waals surface area (Å²) in [7, 11) is 3.50. The van der Waals surface area contributed by atoms with Crippen molar-refractivity contribution in [1.29, 1.82) is 0 Å². The Morgan fingerprint density at radius 3 is 2.46 bits per heavy atom. The monoisotopic (exact) mass is 434 g/mol. The molecule has 0 saturated carbocycles. The Bertz CT molecular complexity index is 976. The maximum atomic E-state index is 12.8. The third kappa shape index (κ3) is 4.35. The summed E-state index contributed by atoms with van der Waals surface area (Å²) in [6, 6.07) is 15.0. The van der Waals surface area contributed by atoms with Crippen molar-refractivity contribution in [3.05, 3.63) is 64.1 Å². The molecule has 2 aromatic carbocycles. The first-order chi connectivity index (χ1) is 13.4. The summed E-state index contributed by atoms with van der Waals surface area (Å²) in [5.41, 5.74) is 1.67. The summed E-state index contributed by atoms with van der Waals surface area (Å²) in [4.78, 5) is 14.4.